The van der Waals surface area contributed by atoms with E-state index in [1.807, 2.05) is 0 Å². The highest BCUT2D eigenvalue weighted by Gasteiger charge is 2.16. The number of anilines is 1. The number of benzene rings is 1. The van der Waals surface area contributed by atoms with Crippen molar-refractivity contribution in [2.45, 2.75) is 13.3 Å². The summed E-state index contributed by atoms with van der Waals surface area (Å²) in [6.07, 6.45) is 3.28. The summed E-state index contributed by atoms with van der Waals surface area (Å²) in [5.74, 6) is 2.90. The second-order valence-electron chi connectivity index (χ2n) is 5.45. The summed E-state index contributed by atoms with van der Waals surface area (Å²) >= 11 is 0. The molecule has 26 heavy (non-hydrogen) atoms. The van der Waals surface area contributed by atoms with Gasteiger partial charge >= 0.3 is 0 Å². The first-order chi connectivity index (χ1) is 12.4. The van der Waals surface area contributed by atoms with Crippen LogP contribution >= 0.6 is 0 Å². The summed E-state index contributed by atoms with van der Waals surface area (Å²) < 4.78 is 54.2. The van der Waals surface area contributed by atoms with E-state index in [4.69, 9.17) is 0 Å². The lowest BCUT2D eigenvalue weighted by Gasteiger charge is -2.09. The molecule has 0 saturated heterocycles. The van der Waals surface area contributed by atoms with Gasteiger partial charge in [0.25, 0.3) is 0 Å². The number of aromatic nitrogens is 3. The number of nitrogens with one attached hydrogen (secondary N) is 2. The van der Waals surface area contributed by atoms with E-state index in [9.17, 15) is 17.2 Å². The minimum atomic E-state index is -3.70. The summed E-state index contributed by atoms with van der Waals surface area (Å²) in [7, 11) is -3.70. The average Bonchev–Trinajstić information content (AvgIpc) is 3.05. The Morgan fingerprint density at radius 3 is 2.81 bits per heavy atom. The maximum absolute atomic E-state index is 14.5. The fourth-order valence-electron chi connectivity index (χ4n) is 2.26. The normalized spacial score (nSPS) is 11.2. The molecule has 2 heterocycles. The SMILES string of the molecule is CCCS(=O)(=O)Nc1ccc(F)c(C#Cc2cnc3[nH]cnc3c2)c1F. The van der Waals surface area contributed by atoms with Gasteiger partial charge in [-0.05, 0) is 24.6 Å². The van der Waals surface area contributed by atoms with Gasteiger partial charge in [-0.1, -0.05) is 18.8 Å². The molecule has 3 aromatic rings. The van der Waals surface area contributed by atoms with Gasteiger partial charge < -0.3 is 4.98 Å². The number of pyridine rings is 1. The van der Waals surface area contributed by atoms with Gasteiger partial charge in [0.2, 0.25) is 10.0 Å². The van der Waals surface area contributed by atoms with Crippen LogP contribution in [0.1, 0.15) is 24.5 Å². The summed E-state index contributed by atoms with van der Waals surface area (Å²) in [6.45, 7) is 1.68. The van der Waals surface area contributed by atoms with Crippen molar-refractivity contribution in [3.05, 3.63) is 53.5 Å². The topological polar surface area (TPSA) is 87.7 Å². The molecule has 1 aromatic carbocycles. The van der Waals surface area contributed by atoms with E-state index in [2.05, 4.69) is 31.5 Å². The third-order valence-electron chi connectivity index (χ3n) is 3.43. The Morgan fingerprint density at radius 2 is 2.04 bits per heavy atom. The molecule has 0 spiro atoms. The summed E-state index contributed by atoms with van der Waals surface area (Å²) in [4.78, 5) is 10.9. The maximum atomic E-state index is 14.5. The monoisotopic (exact) mass is 376 g/mol. The Bertz CT molecular complexity index is 1130. The maximum Gasteiger partial charge on any atom is 0.232 e. The number of rotatable bonds is 4. The smallest absolute Gasteiger partial charge is 0.232 e. The molecule has 0 aliphatic heterocycles. The van der Waals surface area contributed by atoms with Gasteiger partial charge in [0.05, 0.1) is 23.3 Å². The zero-order valence-corrected chi connectivity index (χ0v) is 14.5. The van der Waals surface area contributed by atoms with Crippen LogP contribution in [0.25, 0.3) is 11.2 Å². The Balaban J connectivity index is 1.96. The van der Waals surface area contributed by atoms with Crippen LogP contribution < -0.4 is 4.72 Å². The van der Waals surface area contributed by atoms with E-state index < -0.39 is 27.2 Å². The Labute approximate surface area is 148 Å². The lowest BCUT2D eigenvalue weighted by molar-refractivity contribution is 0.577. The van der Waals surface area contributed by atoms with Gasteiger partial charge in [-0.2, -0.15) is 0 Å². The van der Waals surface area contributed by atoms with E-state index >= 15 is 0 Å². The van der Waals surface area contributed by atoms with Gasteiger partial charge in [0, 0.05) is 11.8 Å². The lowest BCUT2D eigenvalue weighted by atomic mass is 10.1. The Morgan fingerprint density at radius 1 is 1.23 bits per heavy atom. The number of fused-ring (bicyclic) bond motifs is 1. The molecule has 0 aliphatic carbocycles. The predicted molar refractivity (Wildman–Crippen MR) is 93.9 cm³/mol. The molecule has 2 aromatic heterocycles. The number of aromatic amines is 1. The molecule has 0 saturated carbocycles. The molecule has 0 radical (unpaired) electrons. The standard InChI is InChI=1S/C17H14F2N4O2S/c1-2-7-26(24,25)23-14-6-5-13(18)12(16(14)19)4-3-11-8-15-17(20-9-11)22-10-21-15/h5-6,8-10,23H,2,7H2,1H3,(H,20,21,22). The highest BCUT2D eigenvalue weighted by Crippen LogP contribution is 2.22. The summed E-state index contributed by atoms with van der Waals surface area (Å²) in [5.41, 5.74) is 0.688. The zero-order chi connectivity index (χ0) is 18.7. The molecule has 2 N–H and O–H groups in total. The van der Waals surface area contributed by atoms with E-state index in [0.717, 1.165) is 12.1 Å². The van der Waals surface area contributed by atoms with E-state index in [0.29, 0.717) is 23.1 Å². The van der Waals surface area contributed by atoms with E-state index in [1.165, 1.54) is 12.5 Å². The first-order valence-electron chi connectivity index (χ1n) is 7.69. The van der Waals surface area contributed by atoms with Crippen LogP contribution in [0.2, 0.25) is 0 Å². The van der Waals surface area contributed by atoms with Crippen LogP contribution in [0.15, 0.2) is 30.7 Å². The van der Waals surface area contributed by atoms with Gasteiger partial charge in [-0.25, -0.2) is 27.2 Å². The Kier molecular flexibility index (Phi) is 4.86. The van der Waals surface area contributed by atoms with Crippen molar-refractivity contribution in [2.75, 3.05) is 10.5 Å². The molecule has 0 bridgehead atoms. The molecule has 6 nitrogen and oxygen atoms in total. The van der Waals surface area contributed by atoms with Gasteiger partial charge in [-0.3, -0.25) is 4.72 Å². The molecule has 9 heteroatoms. The van der Waals surface area contributed by atoms with Crippen LogP contribution in [0.4, 0.5) is 14.5 Å². The number of hydrogen-bond donors (Lipinski definition) is 2. The number of H-pyrrole nitrogens is 1. The highest BCUT2D eigenvalue weighted by atomic mass is 32.2. The van der Waals surface area contributed by atoms with Crippen molar-refractivity contribution in [1.29, 1.82) is 0 Å². The quantitative estimate of drug-likeness (QED) is 0.686. The van der Waals surface area contributed by atoms with Crippen molar-refractivity contribution < 1.29 is 17.2 Å². The number of halogens is 2. The molecule has 0 fully saturated rings. The minimum Gasteiger partial charge on any atom is -0.329 e. The summed E-state index contributed by atoms with van der Waals surface area (Å²) in [6, 6.07) is 3.61. The first kappa shape index (κ1) is 17.8. The second-order valence-corrected chi connectivity index (χ2v) is 7.29. The van der Waals surface area contributed by atoms with Crippen LogP contribution in [0.3, 0.4) is 0 Å². The number of nitrogens with zero attached hydrogens (tertiary/aromatic N) is 2. The van der Waals surface area contributed by atoms with E-state index in [-0.39, 0.29) is 11.4 Å². The fraction of sp³-hybridized carbons (Fsp3) is 0.176. The van der Waals surface area contributed by atoms with Crippen LogP contribution in [0.5, 0.6) is 0 Å². The molecule has 0 unspecified atom stereocenters. The number of imidazole rings is 1. The summed E-state index contributed by atoms with van der Waals surface area (Å²) in [5, 5.41) is 0. The van der Waals surface area contributed by atoms with Crippen molar-refractivity contribution in [3.63, 3.8) is 0 Å². The van der Waals surface area contributed by atoms with Crippen molar-refractivity contribution in [3.8, 4) is 11.8 Å². The van der Waals surface area contributed by atoms with Crippen molar-refractivity contribution in [2.24, 2.45) is 0 Å². The first-order valence-corrected chi connectivity index (χ1v) is 9.34. The highest BCUT2D eigenvalue weighted by molar-refractivity contribution is 7.92. The third-order valence-corrected chi connectivity index (χ3v) is 4.91. The number of hydrogen-bond acceptors (Lipinski definition) is 4. The molecular weight excluding hydrogens is 362 g/mol. The number of sulfonamides is 1. The molecule has 3 rings (SSSR count). The fourth-order valence-corrected chi connectivity index (χ4v) is 3.39. The third kappa shape index (κ3) is 3.81. The Hall–Kier alpha value is -2.99. The predicted octanol–water partition coefficient (Wildman–Crippen LogP) is 2.79. The molecule has 0 amide bonds. The molecule has 0 atom stereocenters. The molecular formula is C17H14F2N4O2S. The second kappa shape index (κ2) is 7.09. The van der Waals surface area contributed by atoms with Crippen LogP contribution in [-0.2, 0) is 10.0 Å². The zero-order valence-electron chi connectivity index (χ0n) is 13.7. The lowest BCUT2D eigenvalue weighted by Crippen LogP contribution is -2.17. The molecule has 134 valence electrons. The van der Waals surface area contributed by atoms with Crippen molar-refractivity contribution >= 4 is 26.9 Å². The minimum absolute atomic E-state index is 0.166. The van der Waals surface area contributed by atoms with Crippen molar-refractivity contribution in [1.82, 2.24) is 15.0 Å². The van der Waals surface area contributed by atoms with E-state index in [1.54, 1.807) is 13.0 Å². The van der Waals surface area contributed by atoms with Gasteiger partial charge in [-0.15, -0.1) is 0 Å². The van der Waals surface area contributed by atoms with Crippen LogP contribution in [-0.4, -0.2) is 29.1 Å². The molecule has 0 aliphatic rings. The van der Waals surface area contributed by atoms with Gasteiger partial charge in [0.15, 0.2) is 11.5 Å². The largest absolute Gasteiger partial charge is 0.329 e. The average molecular weight is 376 g/mol. The van der Waals surface area contributed by atoms with Gasteiger partial charge in [0.1, 0.15) is 11.3 Å². The van der Waals surface area contributed by atoms with Crippen LogP contribution in [0, 0.1) is 23.5 Å².